The Labute approximate surface area is 150 Å². The highest BCUT2D eigenvalue weighted by molar-refractivity contribution is 8.14. The van der Waals surface area contributed by atoms with Gasteiger partial charge in [0.2, 0.25) is 0 Å². The van der Waals surface area contributed by atoms with E-state index < -0.39 is 0 Å². The predicted octanol–water partition coefficient (Wildman–Crippen LogP) is 6.91. The van der Waals surface area contributed by atoms with Crippen LogP contribution >= 0.6 is 11.8 Å². The molecule has 0 spiro atoms. The highest BCUT2D eigenvalue weighted by Crippen LogP contribution is 2.52. The van der Waals surface area contributed by atoms with Gasteiger partial charge in [0.1, 0.15) is 0 Å². The van der Waals surface area contributed by atoms with Crippen LogP contribution < -0.4 is 0 Å². The van der Waals surface area contributed by atoms with E-state index in [0.29, 0.717) is 34.7 Å². The van der Waals surface area contributed by atoms with E-state index in [4.69, 9.17) is 0 Å². The first kappa shape index (κ1) is 23.0. The van der Waals surface area contributed by atoms with Gasteiger partial charge < -0.3 is 0 Å². The van der Waals surface area contributed by atoms with Crippen molar-refractivity contribution < 1.29 is 4.79 Å². The van der Waals surface area contributed by atoms with Crippen LogP contribution in [-0.2, 0) is 4.79 Å². The fourth-order valence-electron chi connectivity index (χ4n) is 4.11. The summed E-state index contributed by atoms with van der Waals surface area (Å²) in [5.74, 6) is 2.92. The van der Waals surface area contributed by atoms with Crippen LogP contribution in [0.2, 0.25) is 0 Å². The SMILES string of the molecule is CC(C)C(C)C(C)C(=O)SC(C)(C)C(C)(C)C(C(C)C)C(C)C. The molecule has 2 unspecified atom stereocenters. The lowest BCUT2D eigenvalue weighted by Crippen LogP contribution is -2.47. The summed E-state index contributed by atoms with van der Waals surface area (Å²) in [5.41, 5.74) is 0.0937. The molecule has 0 fully saturated rings. The summed E-state index contributed by atoms with van der Waals surface area (Å²) < 4.78 is -0.0751. The number of rotatable bonds is 8. The van der Waals surface area contributed by atoms with E-state index in [-0.39, 0.29) is 16.1 Å². The average Bonchev–Trinajstić information content (AvgIpc) is 2.34. The Morgan fingerprint density at radius 2 is 1.13 bits per heavy atom. The highest BCUT2D eigenvalue weighted by atomic mass is 32.2. The molecule has 0 saturated carbocycles. The zero-order chi connectivity index (χ0) is 18.7. The summed E-state index contributed by atoms with van der Waals surface area (Å²) in [7, 11) is 0. The lowest BCUT2D eigenvalue weighted by Gasteiger charge is -2.50. The molecule has 2 atom stereocenters. The number of hydrogen-bond donors (Lipinski definition) is 0. The lowest BCUT2D eigenvalue weighted by atomic mass is 9.62. The third-order valence-electron chi connectivity index (χ3n) is 6.39. The minimum absolute atomic E-state index is 0.0751. The average molecular weight is 343 g/mol. The standard InChI is InChI=1S/C21H42OS/c1-13(2)16(7)17(8)19(22)23-21(11,12)20(9,10)18(14(3)4)15(5)6/h13-18H,1-12H3. The summed E-state index contributed by atoms with van der Waals surface area (Å²) in [6.45, 7) is 27.2. The number of thioether (sulfide) groups is 1. The van der Waals surface area contributed by atoms with Crippen LogP contribution in [0.25, 0.3) is 0 Å². The van der Waals surface area contributed by atoms with Gasteiger partial charge in [-0.05, 0) is 48.9 Å². The van der Waals surface area contributed by atoms with Gasteiger partial charge in [0.15, 0.2) is 5.12 Å². The van der Waals surface area contributed by atoms with Crippen molar-refractivity contribution in [2.24, 2.45) is 40.9 Å². The zero-order valence-corrected chi connectivity index (χ0v) is 18.6. The van der Waals surface area contributed by atoms with E-state index in [1.165, 1.54) is 0 Å². The summed E-state index contributed by atoms with van der Waals surface area (Å²) in [4.78, 5) is 12.9. The Kier molecular flexibility index (Phi) is 8.41. The van der Waals surface area contributed by atoms with Crippen LogP contribution in [0.3, 0.4) is 0 Å². The molecule has 23 heavy (non-hydrogen) atoms. The molecule has 138 valence electrons. The normalized spacial score (nSPS) is 16.5. The molecule has 0 amide bonds. The topological polar surface area (TPSA) is 17.1 Å². The molecule has 1 nitrogen and oxygen atoms in total. The number of carbonyl (C=O) groups is 1. The van der Waals surface area contributed by atoms with E-state index in [2.05, 4.69) is 83.1 Å². The second kappa shape index (κ2) is 8.41. The maximum Gasteiger partial charge on any atom is 0.192 e. The maximum atomic E-state index is 12.9. The van der Waals surface area contributed by atoms with Crippen molar-refractivity contribution >= 4 is 16.9 Å². The molecule has 0 bridgehead atoms. The quantitative estimate of drug-likeness (QED) is 0.477. The van der Waals surface area contributed by atoms with Crippen LogP contribution in [0, 0.1) is 40.9 Å². The van der Waals surface area contributed by atoms with Crippen molar-refractivity contribution in [1.29, 1.82) is 0 Å². The summed E-state index contributed by atoms with van der Waals surface area (Å²) in [6.07, 6.45) is 0. The van der Waals surface area contributed by atoms with Gasteiger partial charge in [-0.2, -0.15) is 0 Å². The van der Waals surface area contributed by atoms with Crippen molar-refractivity contribution in [1.82, 2.24) is 0 Å². The van der Waals surface area contributed by atoms with Crippen molar-refractivity contribution in [2.45, 2.75) is 87.8 Å². The third-order valence-corrected chi connectivity index (χ3v) is 8.00. The second-order valence-corrected chi connectivity index (χ2v) is 11.2. The molecule has 0 aliphatic rings. The molecule has 0 saturated heterocycles. The zero-order valence-electron chi connectivity index (χ0n) is 17.8. The summed E-state index contributed by atoms with van der Waals surface area (Å²) >= 11 is 1.59. The van der Waals surface area contributed by atoms with Gasteiger partial charge in [-0.1, -0.05) is 81.0 Å². The number of carbonyl (C=O) groups excluding carboxylic acids is 1. The molecular formula is C21H42OS. The van der Waals surface area contributed by atoms with Gasteiger partial charge in [-0.3, -0.25) is 4.79 Å². The molecule has 0 aromatic heterocycles. The number of hydrogen-bond acceptors (Lipinski definition) is 2. The molecule has 0 N–H and O–H groups in total. The van der Waals surface area contributed by atoms with Crippen molar-refractivity contribution in [3.05, 3.63) is 0 Å². The summed E-state index contributed by atoms with van der Waals surface area (Å²) in [5, 5.41) is 0.357. The van der Waals surface area contributed by atoms with Gasteiger partial charge in [-0.15, -0.1) is 0 Å². The van der Waals surface area contributed by atoms with Crippen LogP contribution in [0.15, 0.2) is 0 Å². The second-order valence-electron chi connectivity index (χ2n) is 9.56. The van der Waals surface area contributed by atoms with Crippen LogP contribution in [0.5, 0.6) is 0 Å². The fraction of sp³-hybridized carbons (Fsp3) is 0.952. The van der Waals surface area contributed by atoms with E-state index in [1.807, 2.05) is 0 Å². The minimum atomic E-state index is -0.0751. The Morgan fingerprint density at radius 1 is 0.739 bits per heavy atom. The van der Waals surface area contributed by atoms with Gasteiger partial charge >= 0.3 is 0 Å². The molecule has 0 heterocycles. The lowest BCUT2D eigenvalue weighted by molar-refractivity contribution is -0.115. The van der Waals surface area contributed by atoms with Crippen molar-refractivity contribution in [3.8, 4) is 0 Å². The molecule has 0 rings (SSSR count). The van der Waals surface area contributed by atoms with Crippen molar-refractivity contribution in [2.75, 3.05) is 0 Å². The van der Waals surface area contributed by atoms with E-state index in [9.17, 15) is 4.79 Å². The van der Waals surface area contributed by atoms with E-state index in [1.54, 1.807) is 11.8 Å². The minimum Gasteiger partial charge on any atom is -0.287 e. The van der Waals surface area contributed by atoms with Gasteiger partial charge in [-0.25, -0.2) is 0 Å². The van der Waals surface area contributed by atoms with Gasteiger partial charge in [0, 0.05) is 10.7 Å². The molecule has 0 aromatic carbocycles. The van der Waals surface area contributed by atoms with E-state index in [0.717, 1.165) is 0 Å². The molecule has 0 aromatic rings. The Hall–Kier alpha value is 0.0200. The molecular weight excluding hydrogens is 300 g/mol. The van der Waals surface area contributed by atoms with Gasteiger partial charge in [0.05, 0.1) is 0 Å². The first-order valence-corrected chi connectivity index (χ1v) is 10.2. The monoisotopic (exact) mass is 342 g/mol. The Bertz CT molecular complexity index is 371. The van der Waals surface area contributed by atoms with Crippen molar-refractivity contribution in [3.63, 3.8) is 0 Å². The first-order chi connectivity index (χ1) is 10.2. The van der Waals surface area contributed by atoms with Crippen LogP contribution in [-0.4, -0.2) is 9.86 Å². The molecule has 0 aliphatic carbocycles. The third kappa shape index (κ3) is 5.51. The molecule has 2 heteroatoms. The molecule has 0 radical (unpaired) electrons. The van der Waals surface area contributed by atoms with E-state index >= 15 is 0 Å². The predicted molar refractivity (Wildman–Crippen MR) is 107 cm³/mol. The highest BCUT2D eigenvalue weighted by Gasteiger charge is 2.47. The smallest absolute Gasteiger partial charge is 0.192 e. The first-order valence-electron chi connectivity index (χ1n) is 9.39. The van der Waals surface area contributed by atoms with Gasteiger partial charge in [0.25, 0.3) is 0 Å². The van der Waals surface area contributed by atoms with Crippen LogP contribution in [0.1, 0.15) is 83.1 Å². The largest absolute Gasteiger partial charge is 0.287 e. The maximum absolute atomic E-state index is 12.9. The summed E-state index contributed by atoms with van der Waals surface area (Å²) in [6, 6.07) is 0. The fourth-order valence-corrected chi connectivity index (χ4v) is 5.41. The van der Waals surface area contributed by atoms with Crippen LogP contribution in [0.4, 0.5) is 0 Å². The molecule has 0 aliphatic heterocycles. The Morgan fingerprint density at radius 3 is 1.43 bits per heavy atom. The Balaban J connectivity index is 5.34.